The molecule has 3 aromatic carbocycles. The number of likely N-dealkylation sites (N-methyl/N-ethyl adjacent to an activating group) is 1. The number of halogens is 3. The summed E-state index contributed by atoms with van der Waals surface area (Å²) >= 11 is 19.1. The van der Waals surface area contributed by atoms with E-state index in [0.29, 0.717) is 32.9 Å². The summed E-state index contributed by atoms with van der Waals surface area (Å²) in [6.07, 6.45) is 1.58. The molecule has 3 rings (SSSR count). The minimum atomic E-state index is -3.66. The van der Waals surface area contributed by atoms with Gasteiger partial charge in [-0.05, 0) is 55.7 Å². The van der Waals surface area contributed by atoms with Crippen LogP contribution in [0.15, 0.2) is 66.7 Å². The molecule has 1 atom stereocenters. The zero-order valence-corrected chi connectivity index (χ0v) is 26.3. The van der Waals surface area contributed by atoms with Crippen LogP contribution >= 0.6 is 34.8 Å². The first kappa shape index (κ1) is 32.7. The smallest absolute Gasteiger partial charge is 0.243 e. The van der Waals surface area contributed by atoms with Crippen LogP contribution in [0.4, 0.5) is 5.69 Å². The summed E-state index contributed by atoms with van der Waals surface area (Å²) in [6, 6.07) is 18.7. The van der Waals surface area contributed by atoms with Crippen LogP contribution in [-0.2, 0) is 32.6 Å². The second-order valence-corrected chi connectivity index (χ2v) is 12.8. The second kappa shape index (κ2) is 14.9. The molecule has 0 bridgehead atoms. The molecule has 3 aromatic rings. The molecule has 1 N–H and O–H groups in total. The molecule has 220 valence electrons. The lowest BCUT2D eigenvalue weighted by Crippen LogP contribution is -2.50. The van der Waals surface area contributed by atoms with E-state index in [0.717, 1.165) is 17.4 Å². The van der Waals surface area contributed by atoms with Crippen molar-refractivity contribution in [1.29, 1.82) is 0 Å². The minimum absolute atomic E-state index is 0.00909. The van der Waals surface area contributed by atoms with Crippen molar-refractivity contribution >= 4 is 62.3 Å². The molecule has 0 aromatic heterocycles. The van der Waals surface area contributed by atoms with Crippen LogP contribution in [0.5, 0.6) is 0 Å². The number of anilines is 1. The van der Waals surface area contributed by atoms with Gasteiger partial charge in [0.2, 0.25) is 21.8 Å². The molecule has 0 heterocycles. The number of aryl methyl sites for hydroxylation is 1. The predicted octanol–water partition coefficient (Wildman–Crippen LogP) is 6.28. The Labute approximate surface area is 257 Å². The van der Waals surface area contributed by atoms with E-state index < -0.39 is 16.1 Å². The lowest BCUT2D eigenvalue weighted by Gasteiger charge is -2.32. The summed E-state index contributed by atoms with van der Waals surface area (Å²) in [5.74, 6) is -0.635. The van der Waals surface area contributed by atoms with Crippen LogP contribution in [0.2, 0.25) is 15.1 Å². The van der Waals surface area contributed by atoms with Crippen LogP contribution in [0.25, 0.3) is 0 Å². The number of amides is 2. The largest absolute Gasteiger partial charge is 0.355 e. The number of hydrogen-bond acceptors (Lipinski definition) is 4. The first-order chi connectivity index (χ1) is 19.4. The fraction of sp³-hybridized carbons (Fsp3) is 0.333. The van der Waals surface area contributed by atoms with Crippen LogP contribution in [0.1, 0.15) is 36.5 Å². The van der Waals surface area contributed by atoms with Gasteiger partial charge in [-0.25, -0.2) is 8.42 Å². The first-order valence-corrected chi connectivity index (χ1v) is 16.2. The molecule has 0 aliphatic carbocycles. The van der Waals surface area contributed by atoms with Crippen molar-refractivity contribution in [3.05, 3.63) is 98.5 Å². The quantitative estimate of drug-likeness (QED) is 0.239. The maximum Gasteiger partial charge on any atom is 0.243 e. The zero-order valence-electron chi connectivity index (χ0n) is 23.2. The van der Waals surface area contributed by atoms with E-state index in [4.69, 9.17) is 34.8 Å². The summed E-state index contributed by atoms with van der Waals surface area (Å²) in [7, 11) is -3.66. The standard InChI is InChI=1S/C30H34Cl3N3O4S/c1-4-34-30(38)28(18-22-10-6-5-7-11-22)35(20-24-25(32)12-8-13-26(24)33)29(37)14-9-17-36(41(3,39)40)27-19-23(31)16-15-21(27)2/h5-8,10-13,15-16,19,28H,4,9,14,17-18,20H2,1-3H3,(H,34,38). The highest BCUT2D eigenvalue weighted by molar-refractivity contribution is 7.92. The highest BCUT2D eigenvalue weighted by atomic mass is 35.5. The van der Waals surface area contributed by atoms with Gasteiger partial charge in [0.1, 0.15) is 6.04 Å². The molecule has 0 saturated carbocycles. The molecular formula is C30H34Cl3N3O4S. The normalized spacial score (nSPS) is 12.0. The Morgan fingerprint density at radius 1 is 0.951 bits per heavy atom. The molecule has 0 spiro atoms. The van der Waals surface area contributed by atoms with Crippen molar-refractivity contribution in [2.75, 3.05) is 23.7 Å². The number of nitrogens with one attached hydrogen (secondary N) is 1. The van der Waals surface area contributed by atoms with Gasteiger partial charge < -0.3 is 10.2 Å². The third-order valence-corrected chi connectivity index (χ3v) is 8.73. The van der Waals surface area contributed by atoms with Crippen LogP contribution in [0, 0.1) is 6.92 Å². The van der Waals surface area contributed by atoms with Gasteiger partial charge in [-0.15, -0.1) is 0 Å². The third kappa shape index (κ3) is 9.10. The summed E-state index contributed by atoms with van der Waals surface area (Å²) in [4.78, 5) is 28.7. The SMILES string of the molecule is CCNC(=O)C(Cc1ccccc1)N(Cc1c(Cl)cccc1Cl)C(=O)CCCN(c1cc(Cl)ccc1C)S(C)(=O)=O. The average molecular weight is 639 g/mol. The molecule has 2 amide bonds. The summed E-state index contributed by atoms with van der Waals surface area (Å²) < 4.78 is 26.7. The van der Waals surface area contributed by atoms with Crippen molar-refractivity contribution in [2.24, 2.45) is 0 Å². The van der Waals surface area contributed by atoms with Crippen molar-refractivity contribution in [3.8, 4) is 0 Å². The van der Waals surface area contributed by atoms with Crippen molar-refractivity contribution in [1.82, 2.24) is 10.2 Å². The highest BCUT2D eigenvalue weighted by Crippen LogP contribution is 2.29. The molecule has 7 nitrogen and oxygen atoms in total. The highest BCUT2D eigenvalue weighted by Gasteiger charge is 2.31. The van der Waals surface area contributed by atoms with Gasteiger partial charge in [0.25, 0.3) is 0 Å². The number of nitrogens with zero attached hydrogens (tertiary/aromatic N) is 2. The monoisotopic (exact) mass is 637 g/mol. The molecule has 11 heteroatoms. The number of sulfonamides is 1. The zero-order chi connectivity index (χ0) is 30.2. The Morgan fingerprint density at radius 3 is 2.22 bits per heavy atom. The fourth-order valence-electron chi connectivity index (χ4n) is 4.53. The van der Waals surface area contributed by atoms with Gasteiger partial charge in [-0.3, -0.25) is 13.9 Å². The van der Waals surface area contributed by atoms with Gasteiger partial charge in [0.05, 0.1) is 11.9 Å². The van der Waals surface area contributed by atoms with E-state index in [2.05, 4.69) is 5.32 Å². The Hall–Kier alpha value is -2.78. The predicted molar refractivity (Wildman–Crippen MR) is 167 cm³/mol. The molecule has 0 fully saturated rings. The molecule has 0 saturated heterocycles. The topological polar surface area (TPSA) is 86.8 Å². The molecule has 0 aliphatic rings. The average Bonchev–Trinajstić information content (AvgIpc) is 2.91. The van der Waals surface area contributed by atoms with Gasteiger partial charge in [0, 0.05) is 53.1 Å². The van der Waals surface area contributed by atoms with Gasteiger partial charge in [-0.1, -0.05) is 77.3 Å². The molecule has 0 aliphatic heterocycles. The van der Waals surface area contributed by atoms with Crippen LogP contribution in [-0.4, -0.2) is 50.5 Å². The lowest BCUT2D eigenvalue weighted by molar-refractivity contribution is -0.141. The van der Waals surface area contributed by atoms with E-state index in [1.54, 1.807) is 43.3 Å². The van der Waals surface area contributed by atoms with Crippen molar-refractivity contribution in [2.45, 2.75) is 45.7 Å². The number of carbonyl (C=O) groups is 2. The second-order valence-electron chi connectivity index (χ2n) is 9.69. The summed E-state index contributed by atoms with van der Waals surface area (Å²) in [6.45, 7) is 4.06. The number of benzene rings is 3. The van der Waals surface area contributed by atoms with E-state index in [1.165, 1.54) is 9.21 Å². The van der Waals surface area contributed by atoms with Crippen molar-refractivity contribution < 1.29 is 18.0 Å². The lowest BCUT2D eigenvalue weighted by atomic mass is 10.0. The first-order valence-electron chi connectivity index (χ1n) is 13.2. The Kier molecular flexibility index (Phi) is 11.9. The molecule has 0 radical (unpaired) electrons. The maximum absolute atomic E-state index is 13.9. The van der Waals surface area contributed by atoms with Gasteiger partial charge >= 0.3 is 0 Å². The number of carbonyl (C=O) groups excluding carboxylic acids is 2. The third-order valence-electron chi connectivity index (χ3n) is 6.60. The van der Waals surface area contributed by atoms with E-state index >= 15 is 0 Å². The Morgan fingerprint density at radius 2 is 1.61 bits per heavy atom. The Balaban J connectivity index is 1.92. The van der Waals surface area contributed by atoms with E-state index in [9.17, 15) is 18.0 Å². The van der Waals surface area contributed by atoms with Crippen LogP contribution in [0.3, 0.4) is 0 Å². The van der Waals surface area contributed by atoms with Gasteiger partial charge in [0.15, 0.2) is 0 Å². The molecule has 41 heavy (non-hydrogen) atoms. The van der Waals surface area contributed by atoms with Gasteiger partial charge in [-0.2, -0.15) is 0 Å². The fourth-order valence-corrected chi connectivity index (χ4v) is 6.23. The summed E-state index contributed by atoms with van der Waals surface area (Å²) in [5.41, 5.74) is 2.60. The van der Waals surface area contributed by atoms with E-state index in [-0.39, 0.29) is 44.2 Å². The number of hydrogen-bond donors (Lipinski definition) is 1. The number of rotatable bonds is 13. The Bertz CT molecular complexity index is 1450. The molecule has 1 unspecified atom stereocenters. The minimum Gasteiger partial charge on any atom is -0.355 e. The molecular weight excluding hydrogens is 605 g/mol. The summed E-state index contributed by atoms with van der Waals surface area (Å²) in [5, 5.41) is 4.01. The maximum atomic E-state index is 13.9. The van der Waals surface area contributed by atoms with Crippen LogP contribution < -0.4 is 9.62 Å². The van der Waals surface area contributed by atoms with Crippen molar-refractivity contribution in [3.63, 3.8) is 0 Å². The van der Waals surface area contributed by atoms with E-state index in [1.807, 2.05) is 37.3 Å².